The Kier molecular flexibility index (Phi) is 4.63. The molecule has 0 aromatic heterocycles. The molecular formula is C12H14Cl. The predicted molar refractivity (Wildman–Crippen MR) is 58.1 cm³/mol. The summed E-state index contributed by atoms with van der Waals surface area (Å²) >= 11 is 6.12. The molecule has 1 rings (SSSR count). The summed E-state index contributed by atoms with van der Waals surface area (Å²) < 4.78 is 0. The van der Waals surface area contributed by atoms with Crippen LogP contribution in [0.4, 0.5) is 0 Å². The van der Waals surface area contributed by atoms with Gasteiger partial charge in [0.25, 0.3) is 0 Å². The van der Waals surface area contributed by atoms with E-state index in [0.717, 1.165) is 12.8 Å². The number of benzene rings is 1. The molecule has 69 valence electrons. The summed E-state index contributed by atoms with van der Waals surface area (Å²) in [4.78, 5) is 0. The minimum atomic E-state index is 0.190. The van der Waals surface area contributed by atoms with Gasteiger partial charge >= 0.3 is 0 Å². The van der Waals surface area contributed by atoms with Gasteiger partial charge in [0.05, 0.1) is 0 Å². The highest BCUT2D eigenvalue weighted by Crippen LogP contribution is 2.11. The highest BCUT2D eigenvalue weighted by atomic mass is 35.5. The van der Waals surface area contributed by atoms with Crippen molar-refractivity contribution in [1.29, 1.82) is 0 Å². The molecule has 0 aliphatic rings. The third-order valence-electron chi connectivity index (χ3n) is 1.84. The highest BCUT2D eigenvalue weighted by molar-refractivity contribution is 6.20. The summed E-state index contributed by atoms with van der Waals surface area (Å²) in [5.41, 5.74) is 1.19. The average Bonchev–Trinajstić information content (AvgIpc) is 2.16. The van der Waals surface area contributed by atoms with Crippen LogP contribution in [0.5, 0.6) is 0 Å². The molecule has 1 aromatic carbocycles. The molecule has 0 N–H and O–H groups in total. The van der Waals surface area contributed by atoms with Gasteiger partial charge in [-0.05, 0) is 31.4 Å². The Hall–Kier alpha value is -0.750. The maximum Gasteiger partial charge on any atom is 0.0411 e. The molecule has 0 spiro atoms. The third-order valence-corrected chi connectivity index (χ3v) is 2.17. The van der Waals surface area contributed by atoms with Gasteiger partial charge in [-0.2, -0.15) is 0 Å². The van der Waals surface area contributed by atoms with E-state index in [1.54, 1.807) is 0 Å². The summed E-state index contributed by atoms with van der Waals surface area (Å²) in [6.07, 6.45) is 5.96. The zero-order chi connectivity index (χ0) is 9.52. The lowest BCUT2D eigenvalue weighted by atomic mass is 10.1. The normalized spacial score (nSPS) is 13.4. The van der Waals surface area contributed by atoms with E-state index in [0.29, 0.717) is 0 Å². The molecule has 0 fully saturated rings. The topological polar surface area (TPSA) is 0 Å². The molecule has 0 aliphatic carbocycles. The highest BCUT2D eigenvalue weighted by Gasteiger charge is 2.02. The van der Waals surface area contributed by atoms with Crippen LogP contribution in [0.3, 0.4) is 0 Å². The Bertz CT molecular complexity index is 251. The molecular weight excluding hydrogens is 180 g/mol. The second kappa shape index (κ2) is 5.82. The van der Waals surface area contributed by atoms with Crippen LogP contribution in [0.2, 0.25) is 0 Å². The first kappa shape index (κ1) is 10.3. The van der Waals surface area contributed by atoms with Crippen molar-refractivity contribution in [3.63, 3.8) is 0 Å². The van der Waals surface area contributed by atoms with Crippen LogP contribution >= 0.6 is 11.6 Å². The first-order chi connectivity index (χ1) is 6.33. The molecule has 0 heterocycles. The molecule has 0 saturated heterocycles. The minimum absolute atomic E-state index is 0.190. The number of hydrogen-bond donors (Lipinski definition) is 0. The van der Waals surface area contributed by atoms with E-state index in [1.165, 1.54) is 5.56 Å². The Morgan fingerprint density at radius 3 is 3.00 bits per heavy atom. The number of hydrogen-bond acceptors (Lipinski definition) is 0. The number of halogens is 1. The number of alkyl halides is 1. The molecule has 13 heavy (non-hydrogen) atoms. The monoisotopic (exact) mass is 193 g/mol. The van der Waals surface area contributed by atoms with Crippen LogP contribution in [-0.4, -0.2) is 5.38 Å². The zero-order valence-electron chi connectivity index (χ0n) is 7.83. The zero-order valence-corrected chi connectivity index (χ0v) is 8.59. The third kappa shape index (κ3) is 4.14. The van der Waals surface area contributed by atoms with Crippen LogP contribution in [0.25, 0.3) is 0 Å². The predicted octanol–water partition coefficient (Wildman–Crippen LogP) is 3.60. The molecule has 0 nitrogen and oxygen atoms in total. The second-order valence-corrected chi connectivity index (χ2v) is 3.61. The molecule has 1 heteroatoms. The van der Waals surface area contributed by atoms with Gasteiger partial charge < -0.3 is 0 Å². The van der Waals surface area contributed by atoms with Crippen molar-refractivity contribution >= 4 is 11.6 Å². The van der Waals surface area contributed by atoms with E-state index in [9.17, 15) is 0 Å². The van der Waals surface area contributed by atoms with Gasteiger partial charge in [-0.3, -0.25) is 0 Å². The summed E-state index contributed by atoms with van der Waals surface area (Å²) in [5, 5.41) is 0.190. The van der Waals surface area contributed by atoms with Crippen LogP contribution in [-0.2, 0) is 6.42 Å². The standard InChI is InChI=1S/C12H14Cl/c1-2-3-9-12(13)10-11-7-5-4-6-8-11/h2-7,12H,9-10H2,1H3. The van der Waals surface area contributed by atoms with Crippen LogP contribution in [0.1, 0.15) is 18.9 Å². The largest absolute Gasteiger partial charge is 0.122 e. The van der Waals surface area contributed by atoms with Gasteiger partial charge in [0.2, 0.25) is 0 Å². The minimum Gasteiger partial charge on any atom is -0.122 e. The summed E-state index contributed by atoms with van der Waals surface area (Å²) in [7, 11) is 0. The van der Waals surface area contributed by atoms with Crippen molar-refractivity contribution in [1.82, 2.24) is 0 Å². The van der Waals surface area contributed by atoms with Crippen molar-refractivity contribution in [2.45, 2.75) is 25.1 Å². The number of allylic oxidation sites excluding steroid dienone is 2. The summed E-state index contributed by atoms with van der Waals surface area (Å²) in [5.74, 6) is 0. The molecule has 0 bridgehead atoms. The van der Waals surface area contributed by atoms with Crippen LogP contribution in [0.15, 0.2) is 36.4 Å². The van der Waals surface area contributed by atoms with Gasteiger partial charge in [-0.15, -0.1) is 11.6 Å². The van der Waals surface area contributed by atoms with Crippen molar-refractivity contribution < 1.29 is 0 Å². The Morgan fingerprint density at radius 2 is 2.38 bits per heavy atom. The van der Waals surface area contributed by atoms with E-state index in [1.807, 2.05) is 31.2 Å². The maximum absolute atomic E-state index is 6.12. The van der Waals surface area contributed by atoms with Gasteiger partial charge in [0, 0.05) is 5.38 Å². The van der Waals surface area contributed by atoms with Gasteiger partial charge in [0.15, 0.2) is 0 Å². The SMILES string of the molecule is CC=CCC(Cl)Cc1[c]cccc1. The van der Waals surface area contributed by atoms with Gasteiger partial charge in [0.1, 0.15) is 0 Å². The average molecular weight is 194 g/mol. The maximum atomic E-state index is 6.12. The molecule has 0 amide bonds. The van der Waals surface area contributed by atoms with E-state index >= 15 is 0 Å². The molecule has 1 aromatic rings. The summed E-state index contributed by atoms with van der Waals surface area (Å²) in [6.45, 7) is 2.01. The van der Waals surface area contributed by atoms with Crippen LogP contribution in [0, 0.1) is 6.07 Å². The summed E-state index contributed by atoms with van der Waals surface area (Å²) in [6, 6.07) is 11.1. The fourth-order valence-electron chi connectivity index (χ4n) is 1.16. The second-order valence-electron chi connectivity index (χ2n) is 2.99. The van der Waals surface area contributed by atoms with Crippen molar-refractivity contribution in [3.8, 4) is 0 Å². The lowest BCUT2D eigenvalue weighted by Gasteiger charge is -2.05. The van der Waals surface area contributed by atoms with Gasteiger partial charge in [-0.25, -0.2) is 0 Å². The van der Waals surface area contributed by atoms with E-state index in [4.69, 9.17) is 11.6 Å². The van der Waals surface area contributed by atoms with E-state index < -0.39 is 0 Å². The number of rotatable bonds is 4. The molecule has 1 atom stereocenters. The Morgan fingerprint density at radius 1 is 1.54 bits per heavy atom. The Balaban J connectivity index is 2.40. The quantitative estimate of drug-likeness (QED) is 0.506. The first-order valence-electron chi connectivity index (χ1n) is 4.53. The molecule has 0 aliphatic heterocycles. The van der Waals surface area contributed by atoms with Crippen molar-refractivity contribution in [3.05, 3.63) is 48.0 Å². The molecule has 1 unspecified atom stereocenters. The van der Waals surface area contributed by atoms with Crippen LogP contribution < -0.4 is 0 Å². The smallest absolute Gasteiger partial charge is 0.0411 e. The lowest BCUT2D eigenvalue weighted by molar-refractivity contribution is 0.851. The van der Waals surface area contributed by atoms with Crippen molar-refractivity contribution in [2.75, 3.05) is 0 Å². The fraction of sp³-hybridized carbons (Fsp3) is 0.333. The van der Waals surface area contributed by atoms with E-state index in [2.05, 4.69) is 18.2 Å². The molecule has 0 saturated carbocycles. The van der Waals surface area contributed by atoms with Crippen molar-refractivity contribution in [2.24, 2.45) is 0 Å². The lowest BCUT2D eigenvalue weighted by Crippen LogP contribution is -2.01. The van der Waals surface area contributed by atoms with E-state index in [-0.39, 0.29) is 5.38 Å². The fourth-order valence-corrected chi connectivity index (χ4v) is 1.43. The molecule has 1 radical (unpaired) electrons. The van der Waals surface area contributed by atoms with Gasteiger partial charge in [-0.1, -0.05) is 36.4 Å². The first-order valence-corrected chi connectivity index (χ1v) is 4.97. The Labute approximate surface area is 85.2 Å².